The maximum atomic E-state index is 12.0. The zero-order valence-electron chi connectivity index (χ0n) is 15.3. The second-order valence-corrected chi connectivity index (χ2v) is 6.13. The number of hydrazone groups is 1. The highest BCUT2D eigenvalue weighted by Crippen LogP contribution is 2.21. The molecule has 7 nitrogen and oxygen atoms in total. The third kappa shape index (κ3) is 4.66. The van der Waals surface area contributed by atoms with Crippen LogP contribution >= 0.6 is 0 Å². The molecule has 1 amide bonds. The lowest BCUT2D eigenvalue weighted by atomic mass is 10.1. The Labute approximate surface area is 152 Å². The zero-order chi connectivity index (χ0) is 19.3. The second-order valence-electron chi connectivity index (χ2n) is 6.13. The standard InChI is InChI=1S/C19H22N4O3/c1-12-9-13(2)19(14(3)10-12)20-11-18(24)22-21-15(4)16-7-5-6-8-17(16)23(25)26/h5-10,20H,11H2,1-4H3,(H,22,24)/b21-15-. The van der Waals surface area contributed by atoms with Gasteiger partial charge in [0.1, 0.15) is 0 Å². The molecule has 0 radical (unpaired) electrons. The van der Waals surface area contributed by atoms with Gasteiger partial charge in [0.2, 0.25) is 0 Å². The van der Waals surface area contributed by atoms with Crippen LogP contribution in [0.3, 0.4) is 0 Å². The van der Waals surface area contributed by atoms with E-state index in [-0.39, 0.29) is 18.1 Å². The van der Waals surface area contributed by atoms with Crippen LogP contribution in [0.25, 0.3) is 0 Å². The van der Waals surface area contributed by atoms with Crippen molar-refractivity contribution in [3.05, 3.63) is 68.8 Å². The van der Waals surface area contributed by atoms with Crippen molar-refractivity contribution < 1.29 is 9.72 Å². The molecule has 0 aliphatic carbocycles. The van der Waals surface area contributed by atoms with E-state index in [0.717, 1.165) is 16.8 Å². The van der Waals surface area contributed by atoms with Crippen molar-refractivity contribution in [2.24, 2.45) is 5.10 Å². The van der Waals surface area contributed by atoms with Gasteiger partial charge in [-0.25, -0.2) is 5.43 Å². The van der Waals surface area contributed by atoms with Gasteiger partial charge in [-0.3, -0.25) is 14.9 Å². The highest BCUT2D eigenvalue weighted by atomic mass is 16.6. The van der Waals surface area contributed by atoms with Crippen molar-refractivity contribution >= 4 is 23.0 Å². The summed E-state index contributed by atoms with van der Waals surface area (Å²) in [6.45, 7) is 7.66. The Hall–Kier alpha value is -3.22. The van der Waals surface area contributed by atoms with Crippen LogP contribution in [-0.2, 0) is 4.79 Å². The largest absolute Gasteiger partial charge is 0.376 e. The monoisotopic (exact) mass is 354 g/mol. The molecule has 136 valence electrons. The molecule has 0 unspecified atom stereocenters. The van der Waals surface area contributed by atoms with Gasteiger partial charge in [-0.2, -0.15) is 5.10 Å². The Balaban J connectivity index is 2.03. The number of aryl methyl sites for hydroxylation is 3. The Bertz CT molecular complexity index is 852. The van der Waals surface area contributed by atoms with Crippen molar-refractivity contribution in [2.45, 2.75) is 27.7 Å². The molecule has 0 heterocycles. The summed E-state index contributed by atoms with van der Waals surface area (Å²) in [7, 11) is 0. The molecule has 2 N–H and O–H groups in total. The number of anilines is 1. The topological polar surface area (TPSA) is 96.6 Å². The van der Waals surface area contributed by atoms with E-state index in [2.05, 4.69) is 15.8 Å². The summed E-state index contributed by atoms with van der Waals surface area (Å²) in [5, 5.41) is 18.2. The van der Waals surface area contributed by atoms with Crippen molar-refractivity contribution in [1.82, 2.24) is 5.43 Å². The summed E-state index contributed by atoms with van der Waals surface area (Å²) in [4.78, 5) is 22.6. The number of nitro groups is 1. The number of hydrogen-bond acceptors (Lipinski definition) is 5. The first-order valence-electron chi connectivity index (χ1n) is 8.18. The number of nitrogens with one attached hydrogen (secondary N) is 2. The molecule has 2 aromatic carbocycles. The summed E-state index contributed by atoms with van der Waals surface area (Å²) >= 11 is 0. The van der Waals surface area contributed by atoms with Gasteiger partial charge in [-0.15, -0.1) is 0 Å². The Morgan fingerprint density at radius 1 is 1.15 bits per heavy atom. The Kier molecular flexibility index (Phi) is 6.06. The van der Waals surface area contributed by atoms with E-state index in [0.29, 0.717) is 11.3 Å². The lowest BCUT2D eigenvalue weighted by molar-refractivity contribution is -0.385. The predicted octanol–water partition coefficient (Wildman–Crippen LogP) is 3.47. The van der Waals surface area contributed by atoms with Crippen LogP contribution in [0, 0.1) is 30.9 Å². The van der Waals surface area contributed by atoms with Gasteiger partial charge in [0.25, 0.3) is 11.6 Å². The molecule has 2 rings (SSSR count). The van der Waals surface area contributed by atoms with E-state index >= 15 is 0 Å². The van der Waals surface area contributed by atoms with Crippen molar-refractivity contribution in [3.8, 4) is 0 Å². The van der Waals surface area contributed by atoms with E-state index in [1.165, 1.54) is 11.6 Å². The number of rotatable bonds is 6. The number of carbonyl (C=O) groups is 1. The first-order valence-corrected chi connectivity index (χ1v) is 8.18. The summed E-state index contributed by atoms with van der Waals surface area (Å²) < 4.78 is 0. The van der Waals surface area contributed by atoms with Crippen LogP contribution in [0.2, 0.25) is 0 Å². The maximum Gasteiger partial charge on any atom is 0.278 e. The third-order valence-corrected chi connectivity index (χ3v) is 3.94. The van der Waals surface area contributed by atoms with Gasteiger partial charge in [0.05, 0.1) is 22.7 Å². The van der Waals surface area contributed by atoms with Gasteiger partial charge in [0.15, 0.2) is 0 Å². The minimum atomic E-state index is -0.472. The average Bonchev–Trinajstić information content (AvgIpc) is 2.58. The van der Waals surface area contributed by atoms with E-state index in [9.17, 15) is 14.9 Å². The van der Waals surface area contributed by atoms with Crippen LogP contribution in [0.1, 0.15) is 29.2 Å². The SMILES string of the molecule is C/C(=N/NC(=O)CNc1c(C)cc(C)cc1C)c1ccccc1[N+](=O)[O-]. The van der Waals surface area contributed by atoms with Crippen LogP contribution in [0.15, 0.2) is 41.5 Å². The number of nitrogens with zero attached hydrogens (tertiary/aromatic N) is 2. The first kappa shape index (κ1) is 19.1. The summed E-state index contributed by atoms with van der Waals surface area (Å²) in [6, 6.07) is 10.4. The molecule has 0 atom stereocenters. The molecular formula is C19H22N4O3. The predicted molar refractivity (Wildman–Crippen MR) is 103 cm³/mol. The molecule has 0 aliphatic heterocycles. The average molecular weight is 354 g/mol. The number of hydrogen-bond donors (Lipinski definition) is 2. The zero-order valence-corrected chi connectivity index (χ0v) is 15.3. The van der Waals surface area contributed by atoms with Crippen molar-refractivity contribution in [2.75, 3.05) is 11.9 Å². The molecule has 0 aliphatic rings. The quantitative estimate of drug-likeness (QED) is 0.471. The van der Waals surface area contributed by atoms with Crippen molar-refractivity contribution in [1.29, 1.82) is 0 Å². The number of nitro benzene ring substituents is 1. The van der Waals surface area contributed by atoms with Gasteiger partial charge < -0.3 is 5.32 Å². The smallest absolute Gasteiger partial charge is 0.278 e. The van der Waals surface area contributed by atoms with Crippen LogP contribution in [0.5, 0.6) is 0 Å². The van der Waals surface area contributed by atoms with Gasteiger partial charge in [0, 0.05) is 11.8 Å². The molecule has 7 heteroatoms. The summed E-state index contributed by atoms with van der Waals surface area (Å²) in [6.07, 6.45) is 0. The fourth-order valence-electron chi connectivity index (χ4n) is 2.81. The summed E-state index contributed by atoms with van der Waals surface area (Å²) in [5.41, 5.74) is 7.34. The van der Waals surface area contributed by atoms with E-state index in [4.69, 9.17) is 0 Å². The fourth-order valence-corrected chi connectivity index (χ4v) is 2.81. The van der Waals surface area contributed by atoms with Crippen molar-refractivity contribution in [3.63, 3.8) is 0 Å². The molecule has 0 saturated carbocycles. The molecule has 26 heavy (non-hydrogen) atoms. The highest BCUT2D eigenvalue weighted by Gasteiger charge is 2.15. The number of carbonyl (C=O) groups excluding carboxylic acids is 1. The van der Waals surface area contributed by atoms with Crippen LogP contribution in [-0.4, -0.2) is 23.1 Å². The van der Waals surface area contributed by atoms with E-state index in [1.807, 2.05) is 32.9 Å². The Morgan fingerprint density at radius 2 is 1.77 bits per heavy atom. The lowest BCUT2D eigenvalue weighted by Gasteiger charge is -2.13. The third-order valence-electron chi connectivity index (χ3n) is 3.94. The fraction of sp³-hybridized carbons (Fsp3) is 0.263. The molecule has 2 aromatic rings. The number of amides is 1. The highest BCUT2D eigenvalue weighted by molar-refractivity contribution is 6.02. The van der Waals surface area contributed by atoms with E-state index < -0.39 is 4.92 Å². The normalized spacial score (nSPS) is 11.2. The number of benzene rings is 2. The van der Waals surface area contributed by atoms with E-state index in [1.54, 1.807) is 25.1 Å². The minimum Gasteiger partial charge on any atom is -0.376 e. The van der Waals surface area contributed by atoms with Gasteiger partial charge in [-0.05, 0) is 44.9 Å². The molecule has 0 fully saturated rings. The molecule has 0 spiro atoms. The van der Waals surface area contributed by atoms with Crippen LogP contribution in [0.4, 0.5) is 11.4 Å². The minimum absolute atomic E-state index is 0.0490. The Morgan fingerprint density at radius 3 is 2.38 bits per heavy atom. The summed E-state index contributed by atoms with van der Waals surface area (Å²) in [5.74, 6) is -0.331. The molecule has 0 saturated heterocycles. The molecule has 0 bridgehead atoms. The molecular weight excluding hydrogens is 332 g/mol. The van der Waals surface area contributed by atoms with Crippen LogP contribution < -0.4 is 10.7 Å². The van der Waals surface area contributed by atoms with Gasteiger partial charge in [-0.1, -0.05) is 29.8 Å². The van der Waals surface area contributed by atoms with Gasteiger partial charge >= 0.3 is 0 Å². The maximum absolute atomic E-state index is 12.0. The first-order chi connectivity index (χ1) is 12.3. The second kappa shape index (κ2) is 8.24. The number of para-hydroxylation sites is 1. The lowest BCUT2D eigenvalue weighted by Crippen LogP contribution is -2.27. The molecule has 0 aromatic heterocycles.